The Balaban J connectivity index is 1.49. The number of carbonyl (C=O) groups is 1. The van der Waals surface area contributed by atoms with Gasteiger partial charge in [-0.15, -0.1) is 6.58 Å². The van der Waals surface area contributed by atoms with Crippen LogP contribution in [0, 0.1) is 0 Å². The number of benzene rings is 3. The zero-order valence-corrected chi connectivity index (χ0v) is 29.1. The quantitative estimate of drug-likeness (QED) is 0.0377. The van der Waals surface area contributed by atoms with Crippen molar-refractivity contribution in [2.45, 2.75) is 117 Å². The number of rotatable bonds is 26. The van der Waals surface area contributed by atoms with Crippen molar-refractivity contribution in [2.75, 3.05) is 19.8 Å². The topological polar surface area (TPSA) is 54.0 Å². The molecule has 0 amide bonds. The third-order valence-corrected chi connectivity index (χ3v) is 8.22. The summed E-state index contributed by atoms with van der Waals surface area (Å²) in [7, 11) is 0. The van der Waals surface area contributed by atoms with E-state index in [-0.39, 0.29) is 0 Å². The van der Waals surface area contributed by atoms with E-state index in [1.807, 2.05) is 48.5 Å². The first kappa shape index (κ1) is 37.7. The first-order chi connectivity index (χ1) is 23.1. The summed E-state index contributed by atoms with van der Waals surface area (Å²) in [5, 5.41) is 0. The molecular weight excluding hydrogens is 584 g/mol. The molecule has 0 aliphatic heterocycles. The van der Waals surface area contributed by atoms with Crippen LogP contribution in [0.15, 0.2) is 79.4 Å². The molecule has 0 radical (unpaired) electrons. The Morgan fingerprint density at radius 1 is 0.532 bits per heavy atom. The second kappa shape index (κ2) is 23.6. The predicted molar refractivity (Wildman–Crippen MR) is 195 cm³/mol. The van der Waals surface area contributed by atoms with Crippen molar-refractivity contribution in [3.8, 4) is 34.1 Å². The van der Waals surface area contributed by atoms with Crippen LogP contribution >= 0.6 is 0 Å². The Labute approximate surface area is 284 Å². The zero-order valence-electron chi connectivity index (χ0n) is 29.1. The zero-order chi connectivity index (χ0) is 33.4. The van der Waals surface area contributed by atoms with Gasteiger partial charge in [-0.1, -0.05) is 115 Å². The van der Waals surface area contributed by atoms with Gasteiger partial charge >= 0.3 is 5.97 Å². The van der Waals surface area contributed by atoms with Crippen molar-refractivity contribution < 1.29 is 23.7 Å². The maximum atomic E-state index is 13.2. The molecule has 0 saturated carbocycles. The summed E-state index contributed by atoms with van der Waals surface area (Å²) in [5.74, 6) is 2.21. The lowest BCUT2D eigenvalue weighted by Gasteiger charge is -2.13. The number of hydrogen-bond acceptors (Lipinski definition) is 5. The number of unbranched alkanes of at least 4 members (excludes halogenated alkanes) is 13. The third kappa shape index (κ3) is 15.6. The molecule has 5 heteroatoms. The number of esters is 1. The standard InChI is InChI=1S/C42H58O5/c1-4-7-10-13-14-15-16-17-20-29-44-38-25-21-35(22-26-38)36-23-27-39(28-24-36)47-42(43)37-32-40(45-30-18-11-8-5-2)34-41(33-37)46-31-19-12-9-6-3/h4,21-28,32-34H,1,5-20,29-31H2,2-3H3. The van der Waals surface area contributed by atoms with Gasteiger partial charge in [0.2, 0.25) is 0 Å². The van der Waals surface area contributed by atoms with E-state index in [0.29, 0.717) is 36.0 Å². The predicted octanol–water partition coefficient (Wildman–Crippen LogP) is 12.2. The highest BCUT2D eigenvalue weighted by molar-refractivity contribution is 5.92. The van der Waals surface area contributed by atoms with Crippen LogP contribution in [0.3, 0.4) is 0 Å². The number of allylic oxidation sites excluding steroid dienone is 1. The van der Waals surface area contributed by atoms with Gasteiger partial charge in [-0.05, 0) is 79.6 Å². The summed E-state index contributed by atoms with van der Waals surface area (Å²) in [6.45, 7) is 10.1. The summed E-state index contributed by atoms with van der Waals surface area (Å²) in [6, 6.07) is 21.1. The van der Waals surface area contributed by atoms with Crippen molar-refractivity contribution in [3.05, 3.63) is 84.9 Å². The van der Waals surface area contributed by atoms with Crippen molar-refractivity contribution >= 4 is 5.97 Å². The Morgan fingerprint density at radius 3 is 1.45 bits per heavy atom. The maximum Gasteiger partial charge on any atom is 0.343 e. The number of hydrogen-bond donors (Lipinski definition) is 0. The van der Waals surface area contributed by atoms with E-state index in [1.54, 1.807) is 12.1 Å². The monoisotopic (exact) mass is 642 g/mol. The molecule has 0 atom stereocenters. The Bertz CT molecular complexity index is 1230. The first-order valence-electron chi connectivity index (χ1n) is 18.2. The summed E-state index contributed by atoms with van der Waals surface area (Å²) in [6.07, 6.45) is 20.9. The van der Waals surface area contributed by atoms with E-state index in [1.165, 1.54) is 64.2 Å². The molecule has 0 aliphatic rings. The van der Waals surface area contributed by atoms with Crippen molar-refractivity contribution in [1.82, 2.24) is 0 Å². The fraction of sp³-hybridized carbons (Fsp3) is 0.500. The van der Waals surface area contributed by atoms with Gasteiger partial charge in [0.05, 0.1) is 25.4 Å². The molecule has 0 aromatic heterocycles. The summed E-state index contributed by atoms with van der Waals surface area (Å²) >= 11 is 0. The lowest BCUT2D eigenvalue weighted by atomic mass is 10.1. The van der Waals surface area contributed by atoms with Gasteiger partial charge in [0.1, 0.15) is 23.0 Å². The number of ether oxygens (including phenoxy) is 4. The van der Waals surface area contributed by atoms with Crippen LogP contribution in [0.5, 0.6) is 23.0 Å². The van der Waals surface area contributed by atoms with E-state index in [9.17, 15) is 4.79 Å². The van der Waals surface area contributed by atoms with Gasteiger partial charge < -0.3 is 18.9 Å². The Hall–Kier alpha value is -3.73. The smallest absolute Gasteiger partial charge is 0.343 e. The molecule has 0 aliphatic carbocycles. The lowest BCUT2D eigenvalue weighted by Crippen LogP contribution is -2.10. The molecule has 256 valence electrons. The molecule has 3 aromatic rings. The highest BCUT2D eigenvalue weighted by Gasteiger charge is 2.14. The van der Waals surface area contributed by atoms with Crippen LogP contribution in [0.4, 0.5) is 0 Å². The maximum absolute atomic E-state index is 13.2. The summed E-state index contributed by atoms with van der Waals surface area (Å²) < 4.78 is 23.7. The van der Waals surface area contributed by atoms with Gasteiger partial charge in [-0.2, -0.15) is 0 Å². The van der Waals surface area contributed by atoms with Crippen LogP contribution in [0.1, 0.15) is 127 Å². The van der Waals surface area contributed by atoms with E-state index < -0.39 is 5.97 Å². The normalized spacial score (nSPS) is 10.9. The Kier molecular flexibility index (Phi) is 18.9. The van der Waals surface area contributed by atoms with Crippen molar-refractivity contribution in [2.24, 2.45) is 0 Å². The van der Waals surface area contributed by atoms with Gasteiger partial charge in [0.15, 0.2) is 0 Å². The number of carbonyl (C=O) groups excluding carboxylic acids is 1. The van der Waals surface area contributed by atoms with E-state index in [2.05, 4.69) is 32.6 Å². The second-order valence-electron chi connectivity index (χ2n) is 12.4. The minimum absolute atomic E-state index is 0.415. The van der Waals surface area contributed by atoms with Gasteiger partial charge in [-0.25, -0.2) is 4.79 Å². The molecular formula is C42H58O5. The van der Waals surface area contributed by atoms with Gasteiger partial charge in [-0.3, -0.25) is 0 Å². The van der Waals surface area contributed by atoms with Crippen LogP contribution in [0.2, 0.25) is 0 Å². The average Bonchev–Trinajstić information content (AvgIpc) is 3.09. The lowest BCUT2D eigenvalue weighted by molar-refractivity contribution is 0.0733. The molecule has 0 unspecified atom stereocenters. The molecule has 0 spiro atoms. The molecule has 0 heterocycles. The van der Waals surface area contributed by atoms with Crippen molar-refractivity contribution in [1.29, 1.82) is 0 Å². The van der Waals surface area contributed by atoms with Gasteiger partial charge in [0, 0.05) is 6.07 Å². The molecule has 0 saturated heterocycles. The van der Waals surface area contributed by atoms with Crippen LogP contribution in [-0.2, 0) is 0 Å². The molecule has 0 bridgehead atoms. The van der Waals surface area contributed by atoms with Crippen LogP contribution in [0.25, 0.3) is 11.1 Å². The minimum Gasteiger partial charge on any atom is -0.494 e. The van der Waals surface area contributed by atoms with Crippen LogP contribution < -0.4 is 18.9 Å². The summed E-state index contributed by atoms with van der Waals surface area (Å²) in [5.41, 5.74) is 2.54. The second-order valence-corrected chi connectivity index (χ2v) is 12.4. The minimum atomic E-state index is -0.435. The Morgan fingerprint density at radius 2 is 0.957 bits per heavy atom. The molecule has 3 rings (SSSR count). The molecule has 47 heavy (non-hydrogen) atoms. The van der Waals surface area contributed by atoms with Gasteiger partial charge in [0.25, 0.3) is 0 Å². The summed E-state index contributed by atoms with van der Waals surface area (Å²) in [4.78, 5) is 13.2. The van der Waals surface area contributed by atoms with E-state index in [4.69, 9.17) is 18.9 Å². The highest BCUT2D eigenvalue weighted by Crippen LogP contribution is 2.28. The molecule has 5 nitrogen and oxygen atoms in total. The molecule has 3 aromatic carbocycles. The highest BCUT2D eigenvalue weighted by atomic mass is 16.5. The fourth-order valence-electron chi connectivity index (χ4n) is 5.38. The van der Waals surface area contributed by atoms with Crippen molar-refractivity contribution in [3.63, 3.8) is 0 Å². The largest absolute Gasteiger partial charge is 0.494 e. The fourth-order valence-corrected chi connectivity index (χ4v) is 5.38. The van der Waals surface area contributed by atoms with E-state index in [0.717, 1.165) is 62.0 Å². The average molecular weight is 643 g/mol. The SMILES string of the molecule is C=CCCCCCCCCCOc1ccc(-c2ccc(OC(=O)c3cc(OCCCCCC)cc(OCCCCCC)c3)cc2)cc1. The van der Waals surface area contributed by atoms with Crippen LogP contribution in [-0.4, -0.2) is 25.8 Å². The first-order valence-corrected chi connectivity index (χ1v) is 18.2. The molecule has 0 N–H and O–H groups in total. The third-order valence-electron chi connectivity index (χ3n) is 8.22. The molecule has 0 fully saturated rings. The van der Waals surface area contributed by atoms with E-state index >= 15 is 0 Å².